The van der Waals surface area contributed by atoms with E-state index in [4.69, 9.17) is 23.8 Å². The number of hydrogen-bond donors (Lipinski definition) is 3. The van der Waals surface area contributed by atoms with Crippen molar-refractivity contribution in [2.75, 3.05) is 5.32 Å². The van der Waals surface area contributed by atoms with Gasteiger partial charge in [-0.1, -0.05) is 35.9 Å². The van der Waals surface area contributed by atoms with Gasteiger partial charge >= 0.3 is 0 Å². The highest BCUT2D eigenvalue weighted by atomic mass is 35.5. The van der Waals surface area contributed by atoms with E-state index < -0.39 is 11.9 Å². The summed E-state index contributed by atoms with van der Waals surface area (Å²) in [5, 5.41) is 9.18. The van der Waals surface area contributed by atoms with Crippen LogP contribution < -0.4 is 16.0 Å². The molecule has 0 fully saturated rings. The van der Waals surface area contributed by atoms with E-state index in [1.54, 1.807) is 25.1 Å². The molecule has 0 aliphatic carbocycles. The Balaban J connectivity index is 2.02. The fourth-order valence-corrected chi connectivity index (χ4v) is 3.26. The van der Waals surface area contributed by atoms with Gasteiger partial charge in [0.05, 0.1) is 11.6 Å². The number of carbonyl (C=O) groups is 1. The van der Waals surface area contributed by atoms with E-state index in [-0.39, 0.29) is 16.5 Å². The molecule has 7 heteroatoms. The summed E-state index contributed by atoms with van der Waals surface area (Å²) in [4.78, 5) is 12.8. The predicted molar refractivity (Wildman–Crippen MR) is 101 cm³/mol. The van der Waals surface area contributed by atoms with Crippen molar-refractivity contribution in [2.45, 2.75) is 13.0 Å². The Hall–Kier alpha value is -2.44. The molecule has 25 heavy (non-hydrogen) atoms. The quantitative estimate of drug-likeness (QED) is 0.712. The Morgan fingerprint density at radius 1 is 1.20 bits per heavy atom. The van der Waals surface area contributed by atoms with Gasteiger partial charge in [0.15, 0.2) is 5.11 Å². The number of benzene rings is 2. The standard InChI is InChI=1S/C18H15ClFN3OS/c1-10-14(17(24)22-11-6-3-2-4-7-11)16(23-18(25)21-10)15-12(19)8-5-9-13(15)20/h2-9,16H,1H3,(H,22,24)(H2,21,23,25)/t16-/m0/s1. The smallest absolute Gasteiger partial charge is 0.255 e. The first-order valence-corrected chi connectivity index (χ1v) is 8.34. The van der Waals surface area contributed by atoms with Gasteiger partial charge in [0.2, 0.25) is 0 Å². The zero-order valence-electron chi connectivity index (χ0n) is 13.3. The van der Waals surface area contributed by atoms with Gasteiger partial charge in [-0.15, -0.1) is 0 Å². The third-order valence-electron chi connectivity index (χ3n) is 3.83. The third-order valence-corrected chi connectivity index (χ3v) is 4.38. The van der Waals surface area contributed by atoms with Crippen LogP contribution in [0, 0.1) is 5.82 Å². The molecule has 0 bridgehead atoms. The Labute approximate surface area is 155 Å². The summed E-state index contributed by atoms with van der Waals surface area (Å²) in [6, 6.07) is 12.6. The van der Waals surface area contributed by atoms with Crippen LogP contribution in [0.5, 0.6) is 0 Å². The van der Waals surface area contributed by atoms with Crippen molar-refractivity contribution in [3.8, 4) is 0 Å². The molecule has 0 saturated carbocycles. The second-order valence-corrected chi connectivity index (χ2v) is 6.34. The number of thiocarbonyl (C=S) groups is 1. The van der Waals surface area contributed by atoms with Gasteiger partial charge in [-0.3, -0.25) is 4.79 Å². The highest BCUT2D eigenvalue weighted by molar-refractivity contribution is 7.80. The number of hydrogen-bond acceptors (Lipinski definition) is 2. The fourth-order valence-electron chi connectivity index (χ4n) is 2.72. The summed E-state index contributed by atoms with van der Waals surface area (Å²) < 4.78 is 14.4. The van der Waals surface area contributed by atoms with Crippen LogP contribution in [0.15, 0.2) is 59.8 Å². The van der Waals surface area contributed by atoms with Crippen molar-refractivity contribution in [3.05, 3.63) is 76.2 Å². The van der Waals surface area contributed by atoms with E-state index in [2.05, 4.69) is 16.0 Å². The van der Waals surface area contributed by atoms with Crippen LogP contribution >= 0.6 is 23.8 Å². The summed E-state index contributed by atoms with van der Waals surface area (Å²) in [5.41, 5.74) is 1.69. The lowest BCUT2D eigenvalue weighted by atomic mass is 9.94. The molecule has 4 nitrogen and oxygen atoms in total. The van der Waals surface area contributed by atoms with Crippen molar-refractivity contribution in [3.63, 3.8) is 0 Å². The molecule has 128 valence electrons. The lowest BCUT2D eigenvalue weighted by molar-refractivity contribution is -0.113. The first kappa shape index (κ1) is 17.4. The van der Waals surface area contributed by atoms with E-state index in [1.165, 1.54) is 12.1 Å². The first-order valence-electron chi connectivity index (χ1n) is 7.56. The average molecular weight is 376 g/mol. The Morgan fingerprint density at radius 3 is 2.60 bits per heavy atom. The predicted octanol–water partition coefficient (Wildman–Crippen LogP) is 3.91. The van der Waals surface area contributed by atoms with Gasteiger partial charge in [-0.05, 0) is 43.4 Å². The fraction of sp³-hybridized carbons (Fsp3) is 0.111. The minimum absolute atomic E-state index is 0.186. The van der Waals surface area contributed by atoms with Gasteiger partial charge in [-0.2, -0.15) is 0 Å². The highest BCUT2D eigenvalue weighted by Crippen LogP contribution is 2.33. The van der Waals surface area contributed by atoms with Crippen LogP contribution in [0.4, 0.5) is 10.1 Å². The second-order valence-electron chi connectivity index (χ2n) is 5.53. The van der Waals surface area contributed by atoms with Gasteiger partial charge in [0, 0.05) is 22.0 Å². The molecule has 1 aliphatic heterocycles. The molecule has 2 aromatic rings. The lowest BCUT2D eigenvalue weighted by Crippen LogP contribution is -2.46. The number of carbonyl (C=O) groups excluding carboxylic acids is 1. The Bertz CT molecular complexity index is 850. The molecule has 0 unspecified atom stereocenters. The largest absolute Gasteiger partial charge is 0.351 e. The van der Waals surface area contributed by atoms with Crippen LogP contribution in [-0.4, -0.2) is 11.0 Å². The van der Waals surface area contributed by atoms with Gasteiger partial charge in [0.25, 0.3) is 5.91 Å². The summed E-state index contributed by atoms with van der Waals surface area (Å²) >= 11 is 11.4. The molecular formula is C18H15ClFN3OS. The molecule has 1 heterocycles. The highest BCUT2D eigenvalue weighted by Gasteiger charge is 2.33. The van der Waals surface area contributed by atoms with E-state index in [0.29, 0.717) is 22.1 Å². The zero-order chi connectivity index (χ0) is 18.0. The number of nitrogens with one attached hydrogen (secondary N) is 3. The Kier molecular flexibility index (Phi) is 5.01. The number of allylic oxidation sites excluding steroid dienone is 1. The van der Waals surface area contributed by atoms with Crippen molar-refractivity contribution >= 4 is 40.5 Å². The number of rotatable bonds is 3. The normalized spacial score (nSPS) is 16.9. The van der Waals surface area contributed by atoms with Crippen LogP contribution in [0.1, 0.15) is 18.5 Å². The van der Waals surface area contributed by atoms with Gasteiger partial charge in [0.1, 0.15) is 5.82 Å². The molecule has 0 spiro atoms. The number of para-hydroxylation sites is 1. The number of halogens is 2. The molecule has 1 amide bonds. The maximum atomic E-state index is 14.4. The van der Waals surface area contributed by atoms with Gasteiger partial charge < -0.3 is 16.0 Å². The summed E-state index contributed by atoms with van der Waals surface area (Å²) in [7, 11) is 0. The average Bonchev–Trinajstić information content (AvgIpc) is 2.55. The first-order chi connectivity index (χ1) is 12.0. The van der Waals surface area contributed by atoms with Crippen molar-refractivity contribution in [1.29, 1.82) is 0 Å². The number of anilines is 1. The maximum Gasteiger partial charge on any atom is 0.255 e. The summed E-state index contributed by atoms with van der Waals surface area (Å²) in [6.45, 7) is 1.72. The maximum absolute atomic E-state index is 14.4. The molecule has 0 radical (unpaired) electrons. The molecular weight excluding hydrogens is 361 g/mol. The third kappa shape index (κ3) is 3.65. The van der Waals surface area contributed by atoms with Crippen molar-refractivity contribution < 1.29 is 9.18 Å². The van der Waals surface area contributed by atoms with E-state index in [0.717, 1.165) is 0 Å². The van der Waals surface area contributed by atoms with Crippen LogP contribution in [0.3, 0.4) is 0 Å². The van der Waals surface area contributed by atoms with Crippen LogP contribution in [-0.2, 0) is 4.79 Å². The van der Waals surface area contributed by atoms with E-state index >= 15 is 0 Å². The molecule has 3 rings (SSSR count). The molecule has 3 N–H and O–H groups in total. The topological polar surface area (TPSA) is 53.2 Å². The van der Waals surface area contributed by atoms with E-state index in [9.17, 15) is 9.18 Å². The molecule has 0 saturated heterocycles. The zero-order valence-corrected chi connectivity index (χ0v) is 14.8. The van der Waals surface area contributed by atoms with Crippen LogP contribution in [0.25, 0.3) is 0 Å². The SMILES string of the molecule is CC1=C(C(=O)Nc2ccccc2)[C@@H](c2c(F)cccc2Cl)NC(=S)N1. The second kappa shape index (κ2) is 7.21. The van der Waals surface area contributed by atoms with Crippen LogP contribution in [0.2, 0.25) is 5.02 Å². The monoisotopic (exact) mass is 375 g/mol. The molecule has 1 aliphatic rings. The summed E-state index contributed by atoms with van der Waals surface area (Å²) in [6.07, 6.45) is 0. The Morgan fingerprint density at radius 2 is 1.92 bits per heavy atom. The molecule has 0 aromatic heterocycles. The summed E-state index contributed by atoms with van der Waals surface area (Å²) in [5.74, 6) is -0.872. The van der Waals surface area contributed by atoms with E-state index in [1.807, 2.05) is 18.2 Å². The molecule has 1 atom stereocenters. The number of amides is 1. The van der Waals surface area contributed by atoms with Crippen molar-refractivity contribution in [2.24, 2.45) is 0 Å². The molecule has 2 aromatic carbocycles. The van der Waals surface area contributed by atoms with Gasteiger partial charge in [-0.25, -0.2) is 4.39 Å². The van der Waals surface area contributed by atoms with Crippen molar-refractivity contribution in [1.82, 2.24) is 10.6 Å². The lowest BCUT2D eigenvalue weighted by Gasteiger charge is -2.31. The minimum atomic E-state index is -0.786. The minimum Gasteiger partial charge on any atom is -0.351 e.